The fourth-order valence-electron chi connectivity index (χ4n) is 3.18. The largest absolute Gasteiger partial charge is 0.307 e. The Labute approximate surface area is 116 Å². The second-order valence-corrected chi connectivity index (χ2v) is 7.04. The molecule has 0 radical (unpaired) electrons. The van der Waals surface area contributed by atoms with Gasteiger partial charge in [0.25, 0.3) is 0 Å². The van der Waals surface area contributed by atoms with Crippen LogP contribution in [-0.2, 0) is 0 Å². The molecule has 0 aliphatic heterocycles. The van der Waals surface area contributed by atoms with Crippen molar-refractivity contribution in [3.05, 3.63) is 35.6 Å². The van der Waals surface area contributed by atoms with Crippen LogP contribution in [0, 0.1) is 17.2 Å². The molecule has 2 atom stereocenters. The predicted octanol–water partition coefficient (Wildman–Crippen LogP) is 4.69. The van der Waals surface area contributed by atoms with Gasteiger partial charge in [0.1, 0.15) is 5.82 Å². The highest BCUT2D eigenvalue weighted by atomic mass is 19.1. The Morgan fingerprint density at radius 3 is 2.32 bits per heavy atom. The Morgan fingerprint density at radius 2 is 1.84 bits per heavy atom. The molecular formula is C17H26FN. The molecule has 0 amide bonds. The van der Waals surface area contributed by atoms with Crippen LogP contribution < -0.4 is 5.32 Å². The molecule has 1 nitrogen and oxygen atoms in total. The van der Waals surface area contributed by atoms with E-state index in [1.54, 1.807) is 12.1 Å². The Hall–Kier alpha value is -0.890. The van der Waals surface area contributed by atoms with Crippen molar-refractivity contribution in [2.24, 2.45) is 11.3 Å². The molecule has 1 saturated carbocycles. The van der Waals surface area contributed by atoms with Gasteiger partial charge in [0.05, 0.1) is 0 Å². The minimum atomic E-state index is -0.159. The third-order valence-corrected chi connectivity index (χ3v) is 4.28. The number of halogens is 1. The standard InChI is InChI=1S/C17H26FN/c1-12(2)16(13-5-7-14(18)8-6-13)19-15-9-10-17(3,4)11-15/h5-8,12,15-16,19H,9-11H2,1-4H3. The summed E-state index contributed by atoms with van der Waals surface area (Å²) in [7, 11) is 0. The Balaban J connectivity index is 2.07. The fourth-order valence-corrected chi connectivity index (χ4v) is 3.18. The van der Waals surface area contributed by atoms with Crippen LogP contribution in [0.2, 0.25) is 0 Å². The van der Waals surface area contributed by atoms with Crippen molar-refractivity contribution in [3.63, 3.8) is 0 Å². The topological polar surface area (TPSA) is 12.0 Å². The number of benzene rings is 1. The van der Waals surface area contributed by atoms with Gasteiger partial charge in [-0.15, -0.1) is 0 Å². The summed E-state index contributed by atoms with van der Waals surface area (Å²) in [6.07, 6.45) is 3.77. The second-order valence-electron chi connectivity index (χ2n) is 7.04. The minimum absolute atomic E-state index is 0.159. The van der Waals surface area contributed by atoms with Gasteiger partial charge in [0, 0.05) is 12.1 Å². The van der Waals surface area contributed by atoms with Gasteiger partial charge in [-0.1, -0.05) is 39.8 Å². The first kappa shape index (κ1) is 14.5. The van der Waals surface area contributed by atoms with Gasteiger partial charge in [-0.2, -0.15) is 0 Å². The van der Waals surface area contributed by atoms with Gasteiger partial charge in [0.15, 0.2) is 0 Å². The molecule has 1 aromatic rings. The summed E-state index contributed by atoms with van der Waals surface area (Å²) in [6, 6.07) is 7.85. The summed E-state index contributed by atoms with van der Waals surface area (Å²) in [4.78, 5) is 0. The van der Waals surface area contributed by atoms with Gasteiger partial charge in [0.2, 0.25) is 0 Å². The smallest absolute Gasteiger partial charge is 0.123 e. The highest BCUT2D eigenvalue weighted by Crippen LogP contribution is 2.38. The summed E-state index contributed by atoms with van der Waals surface area (Å²) >= 11 is 0. The van der Waals surface area contributed by atoms with E-state index in [1.807, 2.05) is 12.1 Å². The van der Waals surface area contributed by atoms with Crippen LogP contribution in [0.5, 0.6) is 0 Å². The maximum atomic E-state index is 13.0. The van der Waals surface area contributed by atoms with Gasteiger partial charge in [-0.25, -0.2) is 4.39 Å². The van der Waals surface area contributed by atoms with Gasteiger partial charge in [-0.05, 0) is 48.3 Å². The van der Waals surface area contributed by atoms with Gasteiger partial charge >= 0.3 is 0 Å². The third kappa shape index (κ3) is 3.79. The molecule has 0 heterocycles. The molecule has 1 fully saturated rings. The Kier molecular flexibility index (Phi) is 4.29. The van der Waals surface area contributed by atoms with Crippen LogP contribution in [0.15, 0.2) is 24.3 Å². The van der Waals surface area contributed by atoms with Gasteiger partial charge in [-0.3, -0.25) is 0 Å². The first-order valence-corrected chi connectivity index (χ1v) is 7.39. The monoisotopic (exact) mass is 263 g/mol. The Bertz CT molecular complexity index is 408. The molecule has 1 N–H and O–H groups in total. The predicted molar refractivity (Wildman–Crippen MR) is 78.5 cm³/mol. The first-order chi connectivity index (χ1) is 8.87. The van der Waals surface area contributed by atoms with E-state index < -0.39 is 0 Å². The van der Waals surface area contributed by atoms with Crippen molar-refractivity contribution in [2.45, 2.75) is 59.0 Å². The van der Waals surface area contributed by atoms with Gasteiger partial charge < -0.3 is 5.32 Å². The molecule has 0 spiro atoms. The van der Waals surface area contributed by atoms with Crippen LogP contribution in [0.1, 0.15) is 58.6 Å². The third-order valence-electron chi connectivity index (χ3n) is 4.28. The van der Waals surface area contributed by atoms with Crippen LogP contribution >= 0.6 is 0 Å². The molecule has 0 bridgehead atoms. The van der Waals surface area contributed by atoms with Crippen molar-refractivity contribution in [2.75, 3.05) is 0 Å². The number of nitrogens with one attached hydrogen (secondary N) is 1. The molecule has 19 heavy (non-hydrogen) atoms. The maximum absolute atomic E-state index is 13.0. The highest BCUT2D eigenvalue weighted by molar-refractivity contribution is 5.20. The fraction of sp³-hybridized carbons (Fsp3) is 0.647. The van der Waals surface area contributed by atoms with E-state index in [0.717, 1.165) is 0 Å². The lowest BCUT2D eigenvalue weighted by molar-refractivity contribution is 0.326. The van der Waals surface area contributed by atoms with Crippen LogP contribution in [-0.4, -0.2) is 6.04 Å². The maximum Gasteiger partial charge on any atom is 0.123 e. The van der Waals surface area contributed by atoms with E-state index in [9.17, 15) is 4.39 Å². The molecule has 1 aliphatic carbocycles. The summed E-state index contributed by atoms with van der Waals surface area (Å²) < 4.78 is 13.0. The first-order valence-electron chi connectivity index (χ1n) is 7.39. The van der Waals surface area contributed by atoms with Crippen molar-refractivity contribution in [1.29, 1.82) is 0 Å². The summed E-state index contributed by atoms with van der Waals surface area (Å²) in [5.41, 5.74) is 1.66. The zero-order valence-corrected chi connectivity index (χ0v) is 12.5. The zero-order valence-electron chi connectivity index (χ0n) is 12.5. The molecule has 0 aromatic heterocycles. The number of hydrogen-bond acceptors (Lipinski definition) is 1. The number of hydrogen-bond donors (Lipinski definition) is 1. The Morgan fingerprint density at radius 1 is 1.21 bits per heavy atom. The van der Waals surface area contributed by atoms with Crippen LogP contribution in [0.25, 0.3) is 0 Å². The number of rotatable bonds is 4. The van der Waals surface area contributed by atoms with Crippen molar-refractivity contribution < 1.29 is 4.39 Å². The van der Waals surface area contributed by atoms with E-state index >= 15 is 0 Å². The van der Waals surface area contributed by atoms with Crippen molar-refractivity contribution >= 4 is 0 Å². The lowest BCUT2D eigenvalue weighted by atomic mass is 9.91. The molecule has 1 aromatic carbocycles. The lowest BCUT2D eigenvalue weighted by Gasteiger charge is -2.27. The molecular weight excluding hydrogens is 237 g/mol. The SMILES string of the molecule is CC(C)C(NC1CCC(C)(C)C1)c1ccc(F)cc1. The van der Waals surface area contributed by atoms with E-state index in [0.29, 0.717) is 23.4 Å². The molecule has 2 heteroatoms. The average Bonchev–Trinajstić information content (AvgIpc) is 2.67. The van der Waals surface area contributed by atoms with E-state index in [2.05, 4.69) is 33.0 Å². The quantitative estimate of drug-likeness (QED) is 0.831. The van der Waals surface area contributed by atoms with Crippen LogP contribution in [0.3, 0.4) is 0 Å². The molecule has 2 rings (SSSR count). The van der Waals surface area contributed by atoms with Crippen molar-refractivity contribution in [3.8, 4) is 0 Å². The normalized spacial score (nSPS) is 23.8. The second kappa shape index (κ2) is 5.62. The molecule has 106 valence electrons. The van der Waals surface area contributed by atoms with E-state index in [-0.39, 0.29) is 5.82 Å². The summed E-state index contributed by atoms with van der Waals surface area (Å²) in [5, 5.41) is 3.78. The van der Waals surface area contributed by atoms with Crippen molar-refractivity contribution in [1.82, 2.24) is 5.32 Å². The van der Waals surface area contributed by atoms with E-state index in [4.69, 9.17) is 0 Å². The summed E-state index contributed by atoms with van der Waals surface area (Å²) in [6.45, 7) is 9.14. The molecule has 2 unspecified atom stereocenters. The van der Waals surface area contributed by atoms with Crippen LogP contribution in [0.4, 0.5) is 4.39 Å². The molecule has 0 saturated heterocycles. The van der Waals surface area contributed by atoms with E-state index in [1.165, 1.54) is 24.8 Å². The zero-order chi connectivity index (χ0) is 14.0. The minimum Gasteiger partial charge on any atom is -0.307 e. The summed E-state index contributed by atoms with van der Waals surface area (Å²) in [5.74, 6) is 0.349. The lowest BCUT2D eigenvalue weighted by Crippen LogP contribution is -2.34. The molecule has 1 aliphatic rings. The highest BCUT2D eigenvalue weighted by Gasteiger charge is 2.32. The average molecular weight is 263 g/mol.